The normalized spacial score (nSPS) is 16.2. The molecule has 3 N–H and O–H groups in total. The van der Waals surface area contributed by atoms with Crippen LogP contribution in [-0.4, -0.2) is 39.3 Å². The average Bonchev–Trinajstić information content (AvgIpc) is 3.16. The van der Waals surface area contributed by atoms with Crippen molar-refractivity contribution in [1.82, 2.24) is 15.1 Å². The first-order valence-corrected chi connectivity index (χ1v) is 9.49. The summed E-state index contributed by atoms with van der Waals surface area (Å²) < 4.78 is 26.2. The number of H-pyrrole nitrogens is 1. The van der Waals surface area contributed by atoms with Crippen LogP contribution in [0.2, 0.25) is 0 Å². The number of urea groups is 1. The number of alkyl halides is 2. The molecule has 0 saturated carbocycles. The van der Waals surface area contributed by atoms with E-state index in [1.54, 1.807) is 17.0 Å². The highest BCUT2D eigenvalue weighted by Gasteiger charge is 2.36. The number of amides is 2. The van der Waals surface area contributed by atoms with Gasteiger partial charge < -0.3 is 10.0 Å². The Balaban J connectivity index is 1.45. The van der Waals surface area contributed by atoms with Crippen molar-refractivity contribution in [2.75, 3.05) is 18.4 Å². The predicted octanol–water partition coefficient (Wildman–Crippen LogP) is 4.02. The van der Waals surface area contributed by atoms with Crippen molar-refractivity contribution in [1.29, 1.82) is 0 Å². The Morgan fingerprint density at radius 1 is 1.14 bits per heavy atom. The summed E-state index contributed by atoms with van der Waals surface area (Å²) in [6, 6.07) is 11.8. The first kappa shape index (κ1) is 19.3. The number of piperidine rings is 1. The highest BCUT2D eigenvalue weighted by Crippen LogP contribution is 2.34. The van der Waals surface area contributed by atoms with Crippen LogP contribution >= 0.6 is 0 Å². The molecule has 29 heavy (non-hydrogen) atoms. The third-order valence-corrected chi connectivity index (χ3v) is 5.47. The lowest BCUT2D eigenvalue weighted by Crippen LogP contribution is -2.46. The summed E-state index contributed by atoms with van der Waals surface area (Å²) >= 11 is 0. The molecule has 1 saturated heterocycles. The molecule has 0 radical (unpaired) electrons. The maximum Gasteiger partial charge on any atom is 0.323 e. The van der Waals surface area contributed by atoms with E-state index in [1.807, 2.05) is 24.3 Å². The van der Waals surface area contributed by atoms with Crippen LogP contribution in [0.1, 0.15) is 29.5 Å². The molecule has 6 nitrogen and oxygen atoms in total. The maximum absolute atomic E-state index is 13.1. The first-order chi connectivity index (χ1) is 14.0. The number of carbonyl (C=O) groups excluding carboxylic acids is 1. The predicted molar refractivity (Wildman–Crippen MR) is 106 cm³/mol. The van der Waals surface area contributed by atoms with E-state index in [-0.39, 0.29) is 18.9 Å². The molecule has 152 valence electrons. The Hall–Kier alpha value is -3.00. The van der Waals surface area contributed by atoms with Gasteiger partial charge in [0.05, 0.1) is 11.1 Å². The van der Waals surface area contributed by atoms with Gasteiger partial charge in [0.25, 0.3) is 0 Å². The molecule has 1 aliphatic heterocycles. The number of halogens is 2. The van der Waals surface area contributed by atoms with E-state index in [0.717, 1.165) is 10.9 Å². The van der Waals surface area contributed by atoms with Crippen molar-refractivity contribution in [2.24, 2.45) is 0 Å². The number of nitrogens with zero attached hydrogens (tertiary/aromatic N) is 2. The van der Waals surface area contributed by atoms with Gasteiger partial charge in [-0.3, -0.25) is 10.4 Å². The highest BCUT2D eigenvalue weighted by molar-refractivity contribution is 5.98. The van der Waals surface area contributed by atoms with Crippen LogP contribution in [-0.2, 0) is 19.0 Å². The zero-order chi connectivity index (χ0) is 20.4. The van der Waals surface area contributed by atoms with E-state index in [2.05, 4.69) is 15.5 Å². The van der Waals surface area contributed by atoms with Crippen LogP contribution in [0.5, 0.6) is 0 Å². The minimum atomic E-state index is -1.22. The first-order valence-electron chi connectivity index (χ1n) is 9.49. The van der Waals surface area contributed by atoms with E-state index in [1.165, 1.54) is 6.07 Å². The fourth-order valence-electron chi connectivity index (χ4n) is 3.79. The number of likely N-dealkylation sites (tertiary alicyclic amines) is 1. The Morgan fingerprint density at radius 2 is 1.79 bits per heavy atom. The number of para-hydroxylation sites is 1. The molecular weight excluding hydrogens is 378 g/mol. The van der Waals surface area contributed by atoms with E-state index in [0.29, 0.717) is 35.6 Å². The van der Waals surface area contributed by atoms with Gasteiger partial charge >= 0.3 is 6.03 Å². The zero-order valence-corrected chi connectivity index (χ0v) is 15.8. The maximum atomic E-state index is 13.1. The summed E-state index contributed by atoms with van der Waals surface area (Å²) in [5.41, 5.74) is 0.791. The number of benzene rings is 2. The SMILES string of the molecule is O=C(Nc1n[nH]c2ccccc12)N1CCC(O)(c2cc(CF)cc(CF)c2)CC1. The second-order valence-electron chi connectivity index (χ2n) is 7.37. The molecule has 2 aromatic carbocycles. The average molecular weight is 400 g/mol. The second-order valence-corrected chi connectivity index (χ2v) is 7.37. The third kappa shape index (κ3) is 3.80. The number of nitrogens with one attached hydrogen (secondary N) is 2. The molecule has 2 amide bonds. The molecule has 1 fully saturated rings. The topological polar surface area (TPSA) is 81.2 Å². The highest BCUT2D eigenvalue weighted by atomic mass is 19.1. The molecule has 0 aliphatic carbocycles. The summed E-state index contributed by atoms with van der Waals surface area (Å²) in [7, 11) is 0. The Kier molecular flexibility index (Phi) is 5.19. The summed E-state index contributed by atoms with van der Waals surface area (Å²) in [5.74, 6) is 0.453. The number of anilines is 1. The van der Waals surface area contributed by atoms with E-state index in [9.17, 15) is 18.7 Å². The minimum Gasteiger partial charge on any atom is -0.385 e. The zero-order valence-electron chi connectivity index (χ0n) is 15.8. The summed E-state index contributed by atoms with van der Waals surface area (Å²) in [6.45, 7) is -0.808. The smallest absolute Gasteiger partial charge is 0.323 e. The lowest BCUT2D eigenvalue weighted by atomic mass is 9.83. The molecule has 0 unspecified atom stereocenters. The molecule has 2 heterocycles. The molecule has 1 aliphatic rings. The Morgan fingerprint density at radius 3 is 2.45 bits per heavy atom. The number of carbonyl (C=O) groups is 1. The lowest BCUT2D eigenvalue weighted by molar-refractivity contribution is -0.0158. The van der Waals surface area contributed by atoms with Crippen molar-refractivity contribution in [2.45, 2.75) is 31.8 Å². The van der Waals surface area contributed by atoms with Crippen molar-refractivity contribution >= 4 is 22.8 Å². The quantitative estimate of drug-likeness (QED) is 0.619. The Labute approximate surface area is 166 Å². The lowest BCUT2D eigenvalue weighted by Gasteiger charge is -2.38. The van der Waals surface area contributed by atoms with Gasteiger partial charge in [0.1, 0.15) is 13.3 Å². The third-order valence-electron chi connectivity index (χ3n) is 5.47. The second kappa shape index (κ2) is 7.79. The fourth-order valence-corrected chi connectivity index (χ4v) is 3.79. The van der Waals surface area contributed by atoms with E-state index in [4.69, 9.17) is 0 Å². The Bertz CT molecular complexity index is 1010. The number of aromatic amines is 1. The number of rotatable bonds is 4. The van der Waals surface area contributed by atoms with Gasteiger partial charge in [0, 0.05) is 18.5 Å². The molecule has 4 rings (SSSR count). The van der Waals surface area contributed by atoms with Gasteiger partial charge in [0.15, 0.2) is 5.82 Å². The monoisotopic (exact) mass is 400 g/mol. The number of hydrogen-bond donors (Lipinski definition) is 3. The van der Waals surface area contributed by atoms with Gasteiger partial charge in [-0.2, -0.15) is 5.10 Å². The van der Waals surface area contributed by atoms with E-state index >= 15 is 0 Å². The summed E-state index contributed by atoms with van der Waals surface area (Å²) in [6.07, 6.45) is 0.562. The largest absolute Gasteiger partial charge is 0.385 e. The van der Waals surface area contributed by atoms with Gasteiger partial charge in [0.2, 0.25) is 0 Å². The van der Waals surface area contributed by atoms with Crippen LogP contribution < -0.4 is 5.32 Å². The summed E-state index contributed by atoms with van der Waals surface area (Å²) in [5, 5.41) is 21.7. The summed E-state index contributed by atoms with van der Waals surface area (Å²) in [4.78, 5) is 14.2. The van der Waals surface area contributed by atoms with E-state index < -0.39 is 19.0 Å². The number of hydrogen-bond acceptors (Lipinski definition) is 3. The number of fused-ring (bicyclic) bond motifs is 1. The van der Waals surface area contributed by atoms with Gasteiger partial charge in [-0.05, 0) is 41.7 Å². The number of aromatic nitrogens is 2. The molecule has 0 bridgehead atoms. The van der Waals surface area contributed by atoms with Gasteiger partial charge in [-0.15, -0.1) is 0 Å². The fraction of sp³-hybridized carbons (Fsp3) is 0.333. The van der Waals surface area contributed by atoms with Crippen molar-refractivity contribution in [3.63, 3.8) is 0 Å². The van der Waals surface area contributed by atoms with Crippen molar-refractivity contribution < 1.29 is 18.7 Å². The van der Waals surface area contributed by atoms with Crippen LogP contribution in [0.15, 0.2) is 42.5 Å². The minimum absolute atomic E-state index is 0.281. The molecular formula is C21H22F2N4O2. The molecule has 8 heteroatoms. The standard InChI is InChI=1S/C21H22F2N4O2/c22-12-14-9-15(13-23)11-16(10-14)21(29)5-7-27(8-6-21)20(28)24-19-17-3-1-2-4-18(17)25-26-19/h1-4,9-11,29H,5-8,12-13H2,(H2,24,25,26,28). The molecule has 0 atom stereocenters. The van der Waals surface area contributed by atoms with Crippen LogP contribution in [0, 0.1) is 0 Å². The molecule has 1 aromatic heterocycles. The number of aliphatic hydroxyl groups is 1. The van der Waals surface area contributed by atoms with Gasteiger partial charge in [-0.1, -0.05) is 30.3 Å². The van der Waals surface area contributed by atoms with Crippen LogP contribution in [0.4, 0.5) is 19.4 Å². The molecule has 3 aromatic rings. The van der Waals surface area contributed by atoms with Crippen LogP contribution in [0.3, 0.4) is 0 Å². The molecule has 0 spiro atoms. The van der Waals surface area contributed by atoms with Crippen molar-refractivity contribution in [3.05, 3.63) is 59.2 Å². The van der Waals surface area contributed by atoms with Crippen molar-refractivity contribution in [3.8, 4) is 0 Å². The van der Waals surface area contributed by atoms with Gasteiger partial charge in [-0.25, -0.2) is 13.6 Å². The van der Waals surface area contributed by atoms with Crippen LogP contribution in [0.25, 0.3) is 10.9 Å².